The van der Waals surface area contributed by atoms with Gasteiger partial charge in [0.2, 0.25) is 0 Å². The molecule has 0 aliphatic rings. The number of ether oxygens (including phenoxy) is 1. The normalized spacial score (nSPS) is 12.7. The van der Waals surface area contributed by atoms with Gasteiger partial charge in [0.1, 0.15) is 5.76 Å². The highest BCUT2D eigenvalue weighted by Gasteiger charge is 2.46. The van der Waals surface area contributed by atoms with Crippen molar-refractivity contribution in [2.45, 2.75) is 77.9 Å². The van der Waals surface area contributed by atoms with E-state index in [9.17, 15) is 0 Å². The molecule has 0 spiro atoms. The van der Waals surface area contributed by atoms with Gasteiger partial charge in [-0.15, -0.1) is 0 Å². The molecule has 0 aromatic carbocycles. The molecule has 0 N–H and O–H groups in total. The summed E-state index contributed by atoms with van der Waals surface area (Å²) in [4.78, 5) is 0. The highest BCUT2D eigenvalue weighted by molar-refractivity contribution is 6.77. The Labute approximate surface area is 127 Å². The number of allylic oxidation sites excluding steroid dienone is 1. The molecule has 0 aromatic heterocycles. The summed E-state index contributed by atoms with van der Waals surface area (Å²) in [5.41, 5.74) is 1.75. The van der Waals surface area contributed by atoms with E-state index in [1.165, 1.54) is 0 Å². The SMILES string of the molecule is C=C(/C=C/O[Si](C(C)C)(C(C)C)C(C)C)OCCCC. The molecule has 20 heavy (non-hydrogen) atoms. The zero-order valence-corrected chi connectivity index (χ0v) is 15.5. The molecule has 0 aliphatic carbocycles. The Hall–Kier alpha value is -0.703. The lowest BCUT2D eigenvalue weighted by Gasteiger charge is -2.41. The lowest BCUT2D eigenvalue weighted by molar-refractivity contribution is 0.219. The van der Waals surface area contributed by atoms with Gasteiger partial charge in [-0.05, 0) is 23.0 Å². The summed E-state index contributed by atoms with van der Waals surface area (Å²) in [6.45, 7) is 20.5. The first-order chi connectivity index (χ1) is 9.28. The average Bonchev–Trinajstić information content (AvgIpc) is 2.33. The number of hydrogen-bond acceptors (Lipinski definition) is 2. The summed E-state index contributed by atoms with van der Waals surface area (Å²) in [7, 11) is -1.82. The van der Waals surface area contributed by atoms with Crippen LogP contribution in [0, 0.1) is 0 Å². The van der Waals surface area contributed by atoms with Crippen LogP contribution in [0.4, 0.5) is 0 Å². The van der Waals surface area contributed by atoms with E-state index in [-0.39, 0.29) is 0 Å². The van der Waals surface area contributed by atoms with Gasteiger partial charge < -0.3 is 9.16 Å². The van der Waals surface area contributed by atoms with Gasteiger partial charge in [0, 0.05) is 6.08 Å². The molecule has 0 fully saturated rings. The molecule has 0 amide bonds. The van der Waals surface area contributed by atoms with Crippen LogP contribution in [-0.2, 0) is 9.16 Å². The molecular formula is C17H34O2Si. The second kappa shape index (κ2) is 9.27. The molecule has 0 aliphatic heterocycles. The fourth-order valence-corrected chi connectivity index (χ4v) is 8.15. The van der Waals surface area contributed by atoms with E-state index < -0.39 is 8.32 Å². The minimum Gasteiger partial charge on any atom is -0.548 e. The van der Waals surface area contributed by atoms with E-state index >= 15 is 0 Å². The van der Waals surface area contributed by atoms with E-state index in [2.05, 4.69) is 55.0 Å². The van der Waals surface area contributed by atoms with Crippen molar-refractivity contribution in [3.05, 3.63) is 24.7 Å². The maximum atomic E-state index is 6.31. The number of unbranched alkanes of at least 4 members (excludes halogenated alkanes) is 1. The molecule has 2 nitrogen and oxygen atoms in total. The summed E-state index contributed by atoms with van der Waals surface area (Å²) < 4.78 is 11.8. The first-order valence-electron chi connectivity index (χ1n) is 7.95. The zero-order valence-electron chi connectivity index (χ0n) is 14.5. The Kier molecular flexibility index (Phi) is 8.95. The Morgan fingerprint density at radius 2 is 1.55 bits per heavy atom. The molecule has 0 radical (unpaired) electrons. The molecule has 0 saturated heterocycles. The summed E-state index contributed by atoms with van der Waals surface area (Å²) in [6, 6.07) is 0. The molecule has 0 heterocycles. The smallest absolute Gasteiger partial charge is 0.257 e. The zero-order chi connectivity index (χ0) is 15.8. The third-order valence-electron chi connectivity index (χ3n) is 4.02. The van der Waals surface area contributed by atoms with E-state index in [0.29, 0.717) is 22.4 Å². The van der Waals surface area contributed by atoms with Gasteiger partial charge in [0.25, 0.3) is 8.32 Å². The van der Waals surface area contributed by atoms with Crippen molar-refractivity contribution < 1.29 is 9.16 Å². The van der Waals surface area contributed by atoms with Crippen molar-refractivity contribution in [1.29, 1.82) is 0 Å². The van der Waals surface area contributed by atoms with Crippen LogP contribution in [0.2, 0.25) is 16.6 Å². The Morgan fingerprint density at radius 1 is 1.05 bits per heavy atom. The molecule has 0 saturated carbocycles. The third kappa shape index (κ3) is 5.35. The van der Waals surface area contributed by atoms with Gasteiger partial charge in [-0.1, -0.05) is 61.5 Å². The summed E-state index contributed by atoms with van der Waals surface area (Å²) in [6.07, 6.45) is 5.89. The minimum absolute atomic E-state index is 0.585. The topological polar surface area (TPSA) is 18.5 Å². The first-order valence-corrected chi connectivity index (χ1v) is 10.1. The molecule has 0 aromatic rings. The van der Waals surface area contributed by atoms with E-state index in [0.717, 1.165) is 19.4 Å². The Balaban J connectivity index is 4.66. The second-order valence-corrected chi connectivity index (χ2v) is 11.8. The summed E-state index contributed by atoms with van der Waals surface area (Å²) >= 11 is 0. The van der Waals surface area contributed by atoms with Gasteiger partial charge in [-0.2, -0.15) is 0 Å². The van der Waals surface area contributed by atoms with Gasteiger partial charge in [-0.3, -0.25) is 0 Å². The van der Waals surface area contributed by atoms with Crippen LogP contribution >= 0.6 is 0 Å². The Morgan fingerprint density at radius 3 is 1.95 bits per heavy atom. The average molecular weight is 299 g/mol. The van der Waals surface area contributed by atoms with Crippen LogP contribution in [0.25, 0.3) is 0 Å². The molecule has 0 rings (SSSR count). The Bertz CT molecular complexity index is 284. The summed E-state index contributed by atoms with van der Waals surface area (Å²) in [5, 5.41) is 0. The van der Waals surface area contributed by atoms with Crippen molar-refractivity contribution in [3.8, 4) is 0 Å². The molecular weight excluding hydrogens is 264 g/mol. The van der Waals surface area contributed by atoms with Crippen molar-refractivity contribution in [1.82, 2.24) is 0 Å². The van der Waals surface area contributed by atoms with Crippen molar-refractivity contribution in [2.24, 2.45) is 0 Å². The standard InChI is InChI=1S/C17H34O2Si/c1-9-10-12-18-17(8)11-13-19-20(14(2)3,15(4)5)16(6)7/h11,13-16H,8-10,12H2,1-7H3/b13-11+. The van der Waals surface area contributed by atoms with E-state index in [4.69, 9.17) is 9.16 Å². The quantitative estimate of drug-likeness (QED) is 0.212. The maximum absolute atomic E-state index is 6.31. The fourth-order valence-electron chi connectivity index (χ4n) is 3.03. The van der Waals surface area contributed by atoms with Gasteiger partial charge in [-0.25, -0.2) is 0 Å². The maximum Gasteiger partial charge on any atom is 0.257 e. The van der Waals surface area contributed by atoms with E-state index in [1.54, 1.807) is 0 Å². The molecule has 3 heteroatoms. The predicted molar refractivity (Wildman–Crippen MR) is 91.3 cm³/mol. The minimum atomic E-state index is -1.82. The number of hydrogen-bond donors (Lipinski definition) is 0. The highest BCUT2D eigenvalue weighted by atomic mass is 28.4. The molecule has 0 unspecified atom stereocenters. The largest absolute Gasteiger partial charge is 0.548 e. The van der Waals surface area contributed by atoms with Crippen LogP contribution in [-0.4, -0.2) is 14.9 Å². The van der Waals surface area contributed by atoms with Crippen LogP contribution < -0.4 is 0 Å². The third-order valence-corrected chi connectivity index (χ3v) is 9.98. The molecule has 0 bridgehead atoms. The van der Waals surface area contributed by atoms with Crippen LogP contribution in [0.1, 0.15) is 61.3 Å². The number of rotatable bonds is 10. The van der Waals surface area contributed by atoms with Gasteiger partial charge in [0.05, 0.1) is 12.9 Å². The van der Waals surface area contributed by atoms with Crippen LogP contribution in [0.5, 0.6) is 0 Å². The fraction of sp³-hybridized carbons (Fsp3) is 0.765. The van der Waals surface area contributed by atoms with Crippen molar-refractivity contribution in [2.75, 3.05) is 6.61 Å². The molecule has 118 valence electrons. The van der Waals surface area contributed by atoms with Gasteiger partial charge >= 0.3 is 0 Å². The van der Waals surface area contributed by atoms with E-state index in [1.807, 2.05) is 12.3 Å². The van der Waals surface area contributed by atoms with Crippen molar-refractivity contribution >= 4 is 8.32 Å². The van der Waals surface area contributed by atoms with Gasteiger partial charge in [0.15, 0.2) is 0 Å². The van der Waals surface area contributed by atoms with Crippen LogP contribution in [0.3, 0.4) is 0 Å². The van der Waals surface area contributed by atoms with Crippen LogP contribution in [0.15, 0.2) is 24.7 Å². The predicted octanol–water partition coefficient (Wildman–Crippen LogP) is 6.02. The highest BCUT2D eigenvalue weighted by Crippen LogP contribution is 2.42. The first kappa shape index (κ1) is 19.3. The lowest BCUT2D eigenvalue weighted by Crippen LogP contribution is -2.46. The monoisotopic (exact) mass is 298 g/mol. The van der Waals surface area contributed by atoms with Crippen molar-refractivity contribution in [3.63, 3.8) is 0 Å². The lowest BCUT2D eigenvalue weighted by atomic mass is 10.4. The molecule has 0 atom stereocenters. The second-order valence-electron chi connectivity index (χ2n) is 6.41. The summed E-state index contributed by atoms with van der Waals surface area (Å²) in [5.74, 6) is 0.692.